The van der Waals surface area contributed by atoms with E-state index in [1.807, 2.05) is 0 Å². The third-order valence-electron chi connectivity index (χ3n) is 3.59. The number of thiocarbonyl (C=S) groups is 1. The van der Waals surface area contributed by atoms with Crippen LogP contribution in [0.2, 0.25) is 10.0 Å². The van der Waals surface area contributed by atoms with Gasteiger partial charge in [-0.2, -0.15) is 0 Å². The van der Waals surface area contributed by atoms with Crippen LogP contribution >= 0.6 is 63.0 Å². The second-order valence-corrected chi connectivity index (χ2v) is 7.99. The lowest BCUT2D eigenvalue weighted by Crippen LogP contribution is -2.22. The SMILES string of the molecule is COC(=O)c1ccc(Br)c(NC(=S)Nc2ccc(Cl)cc2Cl)c1NCCCCl. The minimum Gasteiger partial charge on any atom is -0.465 e. The Hall–Kier alpha value is -1.25. The second kappa shape index (κ2) is 11.1. The van der Waals surface area contributed by atoms with Crippen LogP contribution in [0.4, 0.5) is 17.1 Å². The summed E-state index contributed by atoms with van der Waals surface area (Å²) in [6.07, 6.45) is 0.719. The van der Waals surface area contributed by atoms with E-state index >= 15 is 0 Å². The van der Waals surface area contributed by atoms with Gasteiger partial charge in [0.05, 0.1) is 34.8 Å². The first-order valence-electron chi connectivity index (χ1n) is 8.11. The van der Waals surface area contributed by atoms with Crippen molar-refractivity contribution in [3.63, 3.8) is 0 Å². The molecule has 0 atom stereocenters. The molecule has 5 nitrogen and oxygen atoms in total. The van der Waals surface area contributed by atoms with Crippen molar-refractivity contribution in [2.75, 3.05) is 35.5 Å². The van der Waals surface area contributed by atoms with Crippen molar-refractivity contribution < 1.29 is 9.53 Å². The van der Waals surface area contributed by atoms with Gasteiger partial charge in [-0.15, -0.1) is 11.6 Å². The summed E-state index contributed by atoms with van der Waals surface area (Å²) in [6.45, 7) is 0.571. The molecular formula is C18H17BrCl3N3O2S. The topological polar surface area (TPSA) is 62.4 Å². The highest BCUT2D eigenvalue weighted by molar-refractivity contribution is 9.10. The summed E-state index contributed by atoms with van der Waals surface area (Å²) in [7, 11) is 1.33. The Kier molecular flexibility index (Phi) is 9.11. The van der Waals surface area contributed by atoms with Gasteiger partial charge >= 0.3 is 5.97 Å². The van der Waals surface area contributed by atoms with Crippen LogP contribution in [-0.2, 0) is 4.74 Å². The molecule has 0 aromatic heterocycles. The van der Waals surface area contributed by atoms with E-state index in [0.29, 0.717) is 49.6 Å². The maximum absolute atomic E-state index is 12.2. The van der Waals surface area contributed by atoms with E-state index in [2.05, 4.69) is 31.9 Å². The Labute approximate surface area is 192 Å². The number of hydrogen-bond acceptors (Lipinski definition) is 4. The smallest absolute Gasteiger partial charge is 0.340 e. The quantitative estimate of drug-likeness (QED) is 0.168. The van der Waals surface area contributed by atoms with Gasteiger partial charge in [0.15, 0.2) is 5.11 Å². The highest BCUT2D eigenvalue weighted by Gasteiger charge is 2.19. The van der Waals surface area contributed by atoms with Gasteiger partial charge in [-0.05, 0) is 64.9 Å². The fourth-order valence-electron chi connectivity index (χ4n) is 2.30. The number of rotatable bonds is 7. The number of anilines is 3. The first kappa shape index (κ1) is 23.0. The third kappa shape index (κ3) is 6.12. The van der Waals surface area contributed by atoms with E-state index in [1.54, 1.807) is 30.3 Å². The van der Waals surface area contributed by atoms with Gasteiger partial charge in [0.2, 0.25) is 0 Å². The number of alkyl halides is 1. The van der Waals surface area contributed by atoms with Gasteiger partial charge in [-0.25, -0.2) is 4.79 Å². The zero-order chi connectivity index (χ0) is 20.7. The average Bonchev–Trinajstić information content (AvgIpc) is 2.66. The molecule has 0 aliphatic carbocycles. The largest absolute Gasteiger partial charge is 0.465 e. The van der Waals surface area contributed by atoms with Crippen molar-refractivity contribution in [3.8, 4) is 0 Å². The van der Waals surface area contributed by atoms with Crippen molar-refractivity contribution in [1.82, 2.24) is 0 Å². The molecule has 0 aliphatic rings. The van der Waals surface area contributed by atoms with E-state index < -0.39 is 5.97 Å². The molecule has 10 heteroatoms. The minimum atomic E-state index is -0.469. The summed E-state index contributed by atoms with van der Waals surface area (Å²) in [5.41, 5.74) is 2.10. The Morgan fingerprint density at radius 2 is 1.93 bits per heavy atom. The average molecular weight is 526 g/mol. The molecule has 2 aromatic rings. The molecule has 28 heavy (non-hydrogen) atoms. The normalized spacial score (nSPS) is 10.3. The van der Waals surface area contributed by atoms with E-state index in [9.17, 15) is 4.79 Å². The zero-order valence-corrected chi connectivity index (χ0v) is 19.4. The van der Waals surface area contributed by atoms with Crippen LogP contribution < -0.4 is 16.0 Å². The third-order valence-corrected chi connectivity index (χ3v) is 5.27. The number of esters is 1. The molecule has 0 aliphatic heterocycles. The van der Waals surface area contributed by atoms with E-state index in [-0.39, 0.29) is 5.11 Å². The minimum absolute atomic E-state index is 0.285. The fourth-order valence-corrected chi connectivity index (χ4v) is 3.53. The maximum Gasteiger partial charge on any atom is 0.340 e. The summed E-state index contributed by atoms with van der Waals surface area (Å²) in [4.78, 5) is 12.2. The van der Waals surface area contributed by atoms with Crippen LogP contribution in [0, 0.1) is 0 Å². The fraction of sp³-hybridized carbons (Fsp3) is 0.222. The first-order valence-corrected chi connectivity index (χ1v) is 10.6. The Bertz CT molecular complexity index is 883. The van der Waals surface area contributed by atoms with Gasteiger partial charge in [0, 0.05) is 21.9 Å². The molecule has 0 unspecified atom stereocenters. The number of halogens is 4. The van der Waals surface area contributed by atoms with Crippen LogP contribution in [0.25, 0.3) is 0 Å². The number of hydrogen-bond donors (Lipinski definition) is 3. The highest BCUT2D eigenvalue weighted by atomic mass is 79.9. The summed E-state index contributed by atoms with van der Waals surface area (Å²) < 4.78 is 5.59. The molecule has 0 saturated carbocycles. The Morgan fingerprint density at radius 3 is 2.57 bits per heavy atom. The predicted molar refractivity (Wildman–Crippen MR) is 126 cm³/mol. The first-order chi connectivity index (χ1) is 13.4. The monoisotopic (exact) mass is 523 g/mol. The molecule has 0 saturated heterocycles. The van der Waals surface area contributed by atoms with Crippen LogP contribution in [0.5, 0.6) is 0 Å². The van der Waals surface area contributed by atoms with Crippen molar-refractivity contribution in [3.05, 3.63) is 50.4 Å². The summed E-state index contributed by atoms with van der Waals surface area (Å²) in [5.74, 6) is 0.0235. The molecule has 0 amide bonds. The maximum atomic E-state index is 12.2. The van der Waals surface area contributed by atoms with Crippen molar-refractivity contribution >= 4 is 91.1 Å². The van der Waals surface area contributed by atoms with Crippen LogP contribution in [0.1, 0.15) is 16.8 Å². The Morgan fingerprint density at radius 1 is 1.18 bits per heavy atom. The van der Waals surface area contributed by atoms with Gasteiger partial charge in [0.1, 0.15) is 0 Å². The number of nitrogens with one attached hydrogen (secondary N) is 3. The molecule has 0 fully saturated rings. The molecule has 3 N–H and O–H groups in total. The number of benzene rings is 2. The van der Waals surface area contributed by atoms with Crippen molar-refractivity contribution in [2.24, 2.45) is 0 Å². The van der Waals surface area contributed by atoms with Crippen LogP contribution in [0.15, 0.2) is 34.8 Å². The van der Waals surface area contributed by atoms with Gasteiger partial charge < -0.3 is 20.7 Å². The lowest BCUT2D eigenvalue weighted by Gasteiger charge is -2.19. The highest BCUT2D eigenvalue weighted by Crippen LogP contribution is 2.35. The number of ether oxygens (including phenoxy) is 1. The number of carbonyl (C=O) groups is 1. The van der Waals surface area contributed by atoms with E-state index in [1.165, 1.54) is 7.11 Å². The molecule has 0 spiro atoms. The lowest BCUT2D eigenvalue weighted by molar-refractivity contribution is 0.0602. The lowest BCUT2D eigenvalue weighted by atomic mass is 10.1. The molecule has 0 heterocycles. The molecule has 2 rings (SSSR count). The summed E-state index contributed by atoms with van der Waals surface area (Å²) >= 11 is 26.7. The molecule has 0 radical (unpaired) electrons. The van der Waals surface area contributed by atoms with E-state index in [4.69, 9.17) is 51.8 Å². The van der Waals surface area contributed by atoms with Gasteiger partial charge in [-0.1, -0.05) is 23.2 Å². The zero-order valence-electron chi connectivity index (χ0n) is 14.7. The molecular weight excluding hydrogens is 509 g/mol. The molecule has 2 aromatic carbocycles. The Balaban J connectivity index is 2.31. The second-order valence-electron chi connectivity index (χ2n) is 5.51. The number of carbonyl (C=O) groups excluding carboxylic acids is 1. The van der Waals surface area contributed by atoms with Crippen molar-refractivity contribution in [1.29, 1.82) is 0 Å². The number of methoxy groups -OCH3 is 1. The van der Waals surface area contributed by atoms with Gasteiger partial charge in [0.25, 0.3) is 0 Å². The van der Waals surface area contributed by atoms with Gasteiger partial charge in [-0.3, -0.25) is 0 Å². The summed E-state index contributed by atoms with van der Waals surface area (Å²) in [6, 6.07) is 8.43. The van der Waals surface area contributed by atoms with E-state index in [0.717, 1.165) is 6.42 Å². The molecule has 0 bridgehead atoms. The van der Waals surface area contributed by atoms with Crippen molar-refractivity contribution in [2.45, 2.75) is 6.42 Å². The van der Waals surface area contributed by atoms with Crippen LogP contribution in [0.3, 0.4) is 0 Å². The standard InChI is InChI=1S/C18H17BrCl3N3O2S/c1-27-17(26)11-4-5-12(19)16(15(11)23-8-2-7-20)25-18(28)24-14-6-3-10(21)9-13(14)22/h3-6,9,23H,2,7-8H2,1H3,(H2,24,25,28). The summed E-state index contributed by atoms with van der Waals surface area (Å²) in [5, 5.41) is 10.6. The molecule has 150 valence electrons. The van der Waals surface area contributed by atoms with Crippen LogP contribution in [-0.4, -0.2) is 30.6 Å². The predicted octanol–water partition coefficient (Wildman–Crippen LogP) is 6.39.